The number of aromatic hydroxyl groups is 1. The van der Waals surface area contributed by atoms with Crippen molar-refractivity contribution in [2.75, 3.05) is 45.7 Å². The smallest absolute Gasteiger partial charge is 0.212 e. The molecule has 1 unspecified atom stereocenters. The summed E-state index contributed by atoms with van der Waals surface area (Å²) in [5, 5.41) is 9.89. The SMILES string of the molecule is CC1(c2ccc(OCCN3CC(CF)C3)cc2)c2ccc(O)cc2CCN1S(C)(=O)=O. The largest absolute Gasteiger partial charge is 0.508 e. The van der Waals surface area contributed by atoms with Gasteiger partial charge in [0.2, 0.25) is 10.0 Å². The van der Waals surface area contributed by atoms with Crippen molar-refractivity contribution in [3.63, 3.8) is 0 Å². The molecule has 0 aromatic heterocycles. The van der Waals surface area contributed by atoms with Crippen LogP contribution in [0.2, 0.25) is 0 Å². The van der Waals surface area contributed by atoms with E-state index in [0.717, 1.165) is 36.3 Å². The van der Waals surface area contributed by atoms with Crippen LogP contribution in [0, 0.1) is 5.92 Å². The molecule has 8 heteroatoms. The average Bonchev–Trinajstić information content (AvgIpc) is 2.69. The zero-order chi connectivity index (χ0) is 22.2. The number of hydrogen-bond donors (Lipinski definition) is 1. The summed E-state index contributed by atoms with van der Waals surface area (Å²) < 4.78 is 45.1. The van der Waals surface area contributed by atoms with Crippen molar-refractivity contribution in [2.45, 2.75) is 18.9 Å². The fraction of sp³-hybridized carbons (Fsp3) is 0.478. The fourth-order valence-electron chi connectivity index (χ4n) is 4.76. The molecule has 1 atom stereocenters. The van der Waals surface area contributed by atoms with Gasteiger partial charge in [-0.3, -0.25) is 9.29 Å². The van der Waals surface area contributed by atoms with E-state index in [-0.39, 0.29) is 18.3 Å². The number of halogens is 1. The van der Waals surface area contributed by atoms with Gasteiger partial charge in [-0.05, 0) is 54.3 Å². The number of sulfonamides is 1. The first kappa shape index (κ1) is 22.0. The first-order chi connectivity index (χ1) is 14.7. The van der Waals surface area contributed by atoms with Crippen LogP contribution in [0.15, 0.2) is 42.5 Å². The van der Waals surface area contributed by atoms with Crippen LogP contribution in [-0.2, 0) is 22.0 Å². The van der Waals surface area contributed by atoms with Gasteiger partial charge in [0.25, 0.3) is 0 Å². The number of likely N-dealkylation sites (tertiary alicyclic amines) is 1. The Kier molecular flexibility index (Phi) is 5.98. The second kappa shape index (κ2) is 8.41. The molecule has 2 heterocycles. The van der Waals surface area contributed by atoms with E-state index in [4.69, 9.17) is 4.74 Å². The Morgan fingerprint density at radius 3 is 2.55 bits per heavy atom. The fourth-order valence-corrected chi connectivity index (χ4v) is 6.05. The van der Waals surface area contributed by atoms with E-state index in [1.165, 1.54) is 10.6 Å². The Morgan fingerprint density at radius 2 is 1.90 bits per heavy atom. The zero-order valence-corrected chi connectivity index (χ0v) is 18.7. The summed E-state index contributed by atoms with van der Waals surface area (Å²) in [6, 6.07) is 12.6. The Morgan fingerprint density at radius 1 is 1.19 bits per heavy atom. The molecule has 0 aliphatic carbocycles. The van der Waals surface area contributed by atoms with E-state index >= 15 is 0 Å². The number of benzene rings is 2. The van der Waals surface area contributed by atoms with Crippen molar-refractivity contribution >= 4 is 10.0 Å². The van der Waals surface area contributed by atoms with Crippen molar-refractivity contribution in [1.29, 1.82) is 0 Å². The van der Waals surface area contributed by atoms with Crippen molar-refractivity contribution in [2.24, 2.45) is 5.92 Å². The standard InChI is InChI=1S/C23H29FN2O4S/c1-23(22-8-5-20(27)13-18(22)9-10-26(23)31(2,28)29)19-3-6-21(7-4-19)30-12-11-25-15-17(14-24)16-25/h3-8,13,17,27H,9-12,14-16H2,1-2H3. The highest BCUT2D eigenvalue weighted by molar-refractivity contribution is 7.88. The summed E-state index contributed by atoms with van der Waals surface area (Å²) in [4.78, 5) is 2.16. The minimum Gasteiger partial charge on any atom is -0.508 e. The van der Waals surface area contributed by atoms with Gasteiger partial charge >= 0.3 is 0 Å². The van der Waals surface area contributed by atoms with Gasteiger partial charge < -0.3 is 9.84 Å². The number of phenolic OH excluding ortho intramolecular Hbond substituents is 1. The normalized spacial score (nSPS) is 22.7. The van der Waals surface area contributed by atoms with E-state index in [9.17, 15) is 17.9 Å². The van der Waals surface area contributed by atoms with E-state index in [1.54, 1.807) is 12.1 Å². The van der Waals surface area contributed by atoms with E-state index in [1.807, 2.05) is 37.3 Å². The first-order valence-electron chi connectivity index (χ1n) is 10.5. The predicted molar refractivity (Wildman–Crippen MR) is 118 cm³/mol. The van der Waals surface area contributed by atoms with Gasteiger partial charge in [0.1, 0.15) is 18.1 Å². The number of hydrogen-bond acceptors (Lipinski definition) is 5. The van der Waals surface area contributed by atoms with Gasteiger partial charge in [-0.1, -0.05) is 18.2 Å². The zero-order valence-electron chi connectivity index (χ0n) is 17.9. The molecule has 4 rings (SSSR count). The highest BCUT2D eigenvalue weighted by Crippen LogP contribution is 2.43. The molecule has 168 valence electrons. The first-order valence-corrected chi connectivity index (χ1v) is 12.4. The minimum atomic E-state index is -3.46. The van der Waals surface area contributed by atoms with E-state index in [2.05, 4.69) is 4.90 Å². The minimum absolute atomic E-state index is 0.165. The van der Waals surface area contributed by atoms with Crippen molar-refractivity contribution in [3.05, 3.63) is 59.2 Å². The number of rotatable bonds is 7. The molecule has 0 amide bonds. The molecule has 31 heavy (non-hydrogen) atoms. The maximum Gasteiger partial charge on any atom is 0.212 e. The van der Waals surface area contributed by atoms with Gasteiger partial charge in [-0.25, -0.2) is 8.42 Å². The van der Waals surface area contributed by atoms with Crippen LogP contribution in [0.25, 0.3) is 0 Å². The number of nitrogens with zero attached hydrogens (tertiary/aromatic N) is 2. The van der Waals surface area contributed by atoms with Gasteiger partial charge in [-0.15, -0.1) is 0 Å². The lowest BCUT2D eigenvalue weighted by molar-refractivity contribution is 0.0668. The lowest BCUT2D eigenvalue weighted by Gasteiger charge is -2.45. The summed E-state index contributed by atoms with van der Waals surface area (Å²) in [6.07, 6.45) is 1.78. The highest BCUT2D eigenvalue weighted by atomic mass is 32.2. The highest BCUT2D eigenvalue weighted by Gasteiger charge is 2.44. The number of ether oxygens (including phenoxy) is 1. The lowest BCUT2D eigenvalue weighted by Crippen LogP contribution is -2.51. The van der Waals surface area contributed by atoms with Crippen LogP contribution < -0.4 is 4.74 Å². The summed E-state index contributed by atoms with van der Waals surface area (Å²) >= 11 is 0. The number of alkyl halides is 1. The van der Waals surface area contributed by atoms with E-state index < -0.39 is 15.6 Å². The Labute approximate surface area is 183 Å². The van der Waals surface area contributed by atoms with Crippen LogP contribution in [0.1, 0.15) is 23.6 Å². The summed E-state index contributed by atoms with van der Waals surface area (Å²) in [7, 11) is -3.46. The third kappa shape index (κ3) is 4.29. The lowest BCUT2D eigenvalue weighted by atomic mass is 9.78. The number of fused-ring (bicyclic) bond motifs is 1. The molecular weight excluding hydrogens is 419 g/mol. The monoisotopic (exact) mass is 448 g/mol. The van der Waals surface area contributed by atoms with Crippen LogP contribution in [-0.4, -0.2) is 68.4 Å². The van der Waals surface area contributed by atoms with Crippen LogP contribution in [0.3, 0.4) is 0 Å². The summed E-state index contributed by atoms with van der Waals surface area (Å²) in [5.74, 6) is 1.05. The Bertz CT molecular complexity index is 1040. The molecule has 1 N–H and O–H groups in total. The van der Waals surface area contributed by atoms with Crippen LogP contribution in [0.4, 0.5) is 4.39 Å². The molecule has 2 aliphatic rings. The molecule has 0 spiro atoms. The van der Waals surface area contributed by atoms with Crippen molar-refractivity contribution < 1.29 is 22.7 Å². The third-order valence-electron chi connectivity index (χ3n) is 6.44. The number of phenols is 1. The molecule has 1 saturated heterocycles. The second-order valence-corrected chi connectivity index (χ2v) is 10.6. The molecule has 0 saturated carbocycles. The van der Waals surface area contributed by atoms with E-state index in [0.29, 0.717) is 25.3 Å². The molecule has 2 aromatic carbocycles. The molecular formula is C23H29FN2O4S. The van der Waals surface area contributed by atoms with Gasteiger partial charge in [0, 0.05) is 32.1 Å². The maximum atomic E-state index is 12.6. The molecule has 6 nitrogen and oxygen atoms in total. The second-order valence-electron chi connectivity index (χ2n) is 8.65. The summed E-state index contributed by atoms with van der Waals surface area (Å²) in [6.45, 7) is 4.84. The average molecular weight is 449 g/mol. The molecule has 2 aromatic rings. The van der Waals surface area contributed by atoms with Gasteiger partial charge in [-0.2, -0.15) is 4.31 Å². The molecule has 2 aliphatic heterocycles. The Balaban J connectivity index is 1.55. The molecule has 0 radical (unpaired) electrons. The van der Waals surface area contributed by atoms with Crippen LogP contribution in [0.5, 0.6) is 11.5 Å². The third-order valence-corrected chi connectivity index (χ3v) is 7.79. The maximum absolute atomic E-state index is 12.6. The quantitative estimate of drug-likeness (QED) is 0.705. The molecule has 1 fully saturated rings. The van der Waals surface area contributed by atoms with Gasteiger partial charge in [0.15, 0.2) is 0 Å². The summed E-state index contributed by atoms with van der Waals surface area (Å²) in [5.41, 5.74) is 1.78. The molecule has 0 bridgehead atoms. The van der Waals surface area contributed by atoms with Crippen molar-refractivity contribution in [3.8, 4) is 11.5 Å². The topological polar surface area (TPSA) is 70.1 Å². The van der Waals surface area contributed by atoms with Crippen LogP contribution >= 0.6 is 0 Å². The predicted octanol–water partition coefficient (Wildman–Crippen LogP) is 2.75. The van der Waals surface area contributed by atoms with Gasteiger partial charge in [0.05, 0.1) is 18.5 Å². The van der Waals surface area contributed by atoms with Crippen molar-refractivity contribution in [1.82, 2.24) is 9.21 Å². The Hall–Kier alpha value is -2.16.